The third-order valence-electron chi connectivity index (χ3n) is 3.70. The van der Waals surface area contributed by atoms with E-state index in [1.54, 1.807) is 0 Å². The van der Waals surface area contributed by atoms with Crippen molar-refractivity contribution in [1.29, 1.82) is 0 Å². The van der Waals surface area contributed by atoms with E-state index in [1.165, 1.54) is 0 Å². The van der Waals surface area contributed by atoms with Gasteiger partial charge in [0.25, 0.3) is 0 Å². The molecule has 1 aliphatic heterocycles. The molecule has 1 unspecified atom stereocenters. The SMILES string of the molecule is CCC(CBr)CN1CCC(C)(C)CCC1=O. The van der Waals surface area contributed by atoms with Crippen molar-refractivity contribution in [3.05, 3.63) is 0 Å². The standard InChI is InChI=1S/C13H24BrNO/c1-4-11(9-14)10-15-8-7-13(2,3)6-5-12(15)16/h11H,4-10H2,1-3H3. The van der Waals surface area contributed by atoms with Crippen molar-refractivity contribution >= 4 is 21.8 Å². The van der Waals surface area contributed by atoms with E-state index < -0.39 is 0 Å². The lowest BCUT2D eigenvalue weighted by molar-refractivity contribution is -0.131. The molecule has 2 nitrogen and oxygen atoms in total. The molecule has 3 heteroatoms. The lowest BCUT2D eigenvalue weighted by Gasteiger charge is -2.26. The highest BCUT2D eigenvalue weighted by molar-refractivity contribution is 9.09. The van der Waals surface area contributed by atoms with Crippen LogP contribution < -0.4 is 0 Å². The molecule has 0 spiro atoms. The molecule has 16 heavy (non-hydrogen) atoms. The van der Waals surface area contributed by atoms with E-state index >= 15 is 0 Å². The lowest BCUT2D eigenvalue weighted by Crippen LogP contribution is -2.35. The van der Waals surface area contributed by atoms with Crippen LogP contribution in [0.4, 0.5) is 0 Å². The van der Waals surface area contributed by atoms with E-state index in [1.807, 2.05) is 0 Å². The molecule has 1 aliphatic rings. The number of amides is 1. The highest BCUT2D eigenvalue weighted by Crippen LogP contribution is 2.30. The molecule has 1 rings (SSSR count). The summed E-state index contributed by atoms with van der Waals surface area (Å²) in [6.45, 7) is 8.60. The van der Waals surface area contributed by atoms with Gasteiger partial charge in [-0.3, -0.25) is 4.79 Å². The van der Waals surface area contributed by atoms with Crippen LogP contribution in [-0.2, 0) is 4.79 Å². The average molecular weight is 290 g/mol. The van der Waals surface area contributed by atoms with Gasteiger partial charge in [0.05, 0.1) is 0 Å². The number of halogens is 1. The Labute approximate surface area is 108 Å². The Balaban J connectivity index is 2.56. The first-order valence-electron chi connectivity index (χ1n) is 6.32. The molecule has 1 atom stereocenters. The number of carbonyl (C=O) groups is 1. The summed E-state index contributed by atoms with van der Waals surface area (Å²) >= 11 is 3.53. The summed E-state index contributed by atoms with van der Waals surface area (Å²) in [6.07, 6.45) is 4.04. The average Bonchev–Trinajstić information content (AvgIpc) is 2.37. The Kier molecular flexibility index (Phi) is 5.29. The molecule has 94 valence electrons. The summed E-state index contributed by atoms with van der Waals surface area (Å²) in [4.78, 5) is 14.1. The zero-order valence-corrected chi connectivity index (χ0v) is 12.3. The largest absolute Gasteiger partial charge is 0.342 e. The summed E-state index contributed by atoms with van der Waals surface area (Å²) in [6, 6.07) is 0. The van der Waals surface area contributed by atoms with Crippen LogP contribution in [0.2, 0.25) is 0 Å². The van der Waals surface area contributed by atoms with E-state index in [0.717, 1.165) is 44.1 Å². The topological polar surface area (TPSA) is 20.3 Å². The van der Waals surface area contributed by atoms with Crippen molar-refractivity contribution in [3.8, 4) is 0 Å². The van der Waals surface area contributed by atoms with Crippen LogP contribution in [0, 0.1) is 11.3 Å². The van der Waals surface area contributed by atoms with Gasteiger partial charge in [-0.05, 0) is 24.2 Å². The Hall–Kier alpha value is -0.0500. The molecular formula is C13H24BrNO. The molecule has 0 aromatic carbocycles. The van der Waals surface area contributed by atoms with Crippen molar-refractivity contribution in [2.24, 2.45) is 11.3 Å². The summed E-state index contributed by atoms with van der Waals surface area (Å²) in [5, 5.41) is 0.997. The van der Waals surface area contributed by atoms with E-state index in [4.69, 9.17) is 0 Å². The molecule has 1 amide bonds. The number of hydrogen-bond donors (Lipinski definition) is 0. The quantitative estimate of drug-likeness (QED) is 0.726. The van der Waals surface area contributed by atoms with Gasteiger partial charge in [-0.2, -0.15) is 0 Å². The Morgan fingerprint density at radius 1 is 1.44 bits per heavy atom. The third-order valence-corrected chi connectivity index (χ3v) is 4.62. The molecule has 0 aromatic rings. The van der Waals surface area contributed by atoms with Gasteiger partial charge in [0, 0.05) is 24.8 Å². The predicted molar refractivity (Wildman–Crippen MR) is 71.8 cm³/mol. The minimum Gasteiger partial charge on any atom is -0.342 e. The summed E-state index contributed by atoms with van der Waals surface area (Å²) in [7, 11) is 0. The Morgan fingerprint density at radius 3 is 2.69 bits per heavy atom. The van der Waals surface area contributed by atoms with Gasteiger partial charge in [-0.15, -0.1) is 0 Å². The van der Waals surface area contributed by atoms with Gasteiger partial charge in [0.15, 0.2) is 0 Å². The molecule has 1 heterocycles. The fourth-order valence-corrected chi connectivity index (χ4v) is 2.75. The number of alkyl halides is 1. The van der Waals surface area contributed by atoms with Crippen molar-refractivity contribution < 1.29 is 4.79 Å². The maximum Gasteiger partial charge on any atom is 0.222 e. The molecule has 0 N–H and O–H groups in total. The fraction of sp³-hybridized carbons (Fsp3) is 0.923. The number of rotatable bonds is 4. The lowest BCUT2D eigenvalue weighted by atomic mass is 9.85. The highest BCUT2D eigenvalue weighted by Gasteiger charge is 2.28. The first-order chi connectivity index (χ1) is 7.48. The van der Waals surface area contributed by atoms with Crippen molar-refractivity contribution in [2.75, 3.05) is 18.4 Å². The van der Waals surface area contributed by atoms with Crippen molar-refractivity contribution in [2.45, 2.75) is 46.5 Å². The monoisotopic (exact) mass is 289 g/mol. The highest BCUT2D eigenvalue weighted by atomic mass is 79.9. The minimum atomic E-state index is 0.334. The van der Waals surface area contributed by atoms with E-state index in [-0.39, 0.29) is 0 Å². The number of carbonyl (C=O) groups excluding carboxylic acids is 1. The minimum absolute atomic E-state index is 0.334. The molecule has 0 aliphatic carbocycles. The number of nitrogens with zero attached hydrogens (tertiary/aromatic N) is 1. The first-order valence-corrected chi connectivity index (χ1v) is 7.44. The molecule has 0 radical (unpaired) electrons. The van der Waals surface area contributed by atoms with Gasteiger partial charge in [0.1, 0.15) is 0 Å². The second-order valence-electron chi connectivity index (χ2n) is 5.68. The van der Waals surface area contributed by atoms with Gasteiger partial charge < -0.3 is 4.90 Å². The molecule has 1 fully saturated rings. The van der Waals surface area contributed by atoms with Gasteiger partial charge >= 0.3 is 0 Å². The van der Waals surface area contributed by atoms with Crippen LogP contribution in [0.15, 0.2) is 0 Å². The normalized spacial score (nSPS) is 23.0. The summed E-state index contributed by atoms with van der Waals surface area (Å²) < 4.78 is 0. The van der Waals surface area contributed by atoms with Crippen LogP contribution in [0.1, 0.15) is 46.5 Å². The molecule has 0 aromatic heterocycles. The smallest absolute Gasteiger partial charge is 0.222 e. The van der Waals surface area contributed by atoms with Crippen LogP contribution in [0.25, 0.3) is 0 Å². The van der Waals surface area contributed by atoms with Gasteiger partial charge in [-0.25, -0.2) is 0 Å². The fourth-order valence-electron chi connectivity index (χ4n) is 2.08. The van der Waals surface area contributed by atoms with Gasteiger partial charge in [0.2, 0.25) is 5.91 Å². The van der Waals surface area contributed by atoms with Crippen LogP contribution in [-0.4, -0.2) is 29.2 Å². The predicted octanol–water partition coefficient (Wildman–Crippen LogP) is 3.45. The van der Waals surface area contributed by atoms with E-state index in [2.05, 4.69) is 41.6 Å². The third kappa shape index (κ3) is 4.08. The van der Waals surface area contributed by atoms with Crippen LogP contribution >= 0.6 is 15.9 Å². The number of likely N-dealkylation sites (tertiary alicyclic amines) is 1. The first kappa shape index (κ1) is 14.0. The maximum atomic E-state index is 12.0. The molecule has 0 bridgehead atoms. The maximum absolute atomic E-state index is 12.0. The van der Waals surface area contributed by atoms with Gasteiger partial charge in [-0.1, -0.05) is 43.1 Å². The van der Waals surface area contributed by atoms with Crippen molar-refractivity contribution in [1.82, 2.24) is 4.90 Å². The molecule has 1 saturated heterocycles. The Morgan fingerprint density at radius 2 is 2.12 bits per heavy atom. The molecule has 0 saturated carbocycles. The Bertz CT molecular complexity index is 236. The van der Waals surface area contributed by atoms with E-state index in [9.17, 15) is 4.79 Å². The zero-order chi connectivity index (χ0) is 12.2. The van der Waals surface area contributed by atoms with E-state index in [0.29, 0.717) is 17.2 Å². The molecular weight excluding hydrogens is 266 g/mol. The zero-order valence-electron chi connectivity index (χ0n) is 10.8. The summed E-state index contributed by atoms with van der Waals surface area (Å²) in [5.41, 5.74) is 0.334. The second-order valence-corrected chi connectivity index (χ2v) is 6.33. The van der Waals surface area contributed by atoms with Crippen LogP contribution in [0.5, 0.6) is 0 Å². The number of hydrogen-bond acceptors (Lipinski definition) is 1. The van der Waals surface area contributed by atoms with Crippen molar-refractivity contribution in [3.63, 3.8) is 0 Å². The van der Waals surface area contributed by atoms with Crippen LogP contribution in [0.3, 0.4) is 0 Å². The summed E-state index contributed by atoms with van der Waals surface area (Å²) in [5.74, 6) is 0.954. The second kappa shape index (κ2) is 6.04.